The lowest BCUT2D eigenvalue weighted by Crippen LogP contribution is -2.42. The van der Waals surface area contributed by atoms with Gasteiger partial charge in [0.25, 0.3) is 0 Å². The molecule has 3 unspecified atom stereocenters. The molecule has 1 aromatic carbocycles. The van der Waals surface area contributed by atoms with Crippen molar-refractivity contribution in [1.29, 1.82) is 0 Å². The van der Waals surface area contributed by atoms with E-state index in [9.17, 15) is 4.79 Å². The zero-order valence-electron chi connectivity index (χ0n) is 13.7. The lowest BCUT2D eigenvalue weighted by atomic mass is 9.93. The minimum Gasteiger partial charge on any atom is -0.319 e. The number of nitrogens with one attached hydrogen (secondary N) is 1. The summed E-state index contributed by atoms with van der Waals surface area (Å²) in [7, 11) is 0. The molecule has 3 heteroatoms. The number of hydrogen-bond acceptors (Lipinski definition) is 2. The fraction of sp³-hybridized carbons (Fsp3) is 0.611. The molecule has 1 aromatic rings. The summed E-state index contributed by atoms with van der Waals surface area (Å²) in [6.45, 7) is 8.70. The lowest BCUT2D eigenvalue weighted by Gasteiger charge is -2.35. The first-order valence-electron chi connectivity index (χ1n) is 8.27. The Morgan fingerprint density at radius 2 is 1.76 bits per heavy atom. The molecule has 3 atom stereocenters. The Hall–Kier alpha value is -1.35. The molecular weight excluding hydrogens is 260 g/mol. The second-order valence-corrected chi connectivity index (χ2v) is 6.00. The van der Waals surface area contributed by atoms with Gasteiger partial charge in [0.15, 0.2) is 0 Å². The predicted molar refractivity (Wildman–Crippen MR) is 86.8 cm³/mol. The number of carbonyl (C=O) groups excluding carboxylic acids is 1. The Morgan fingerprint density at radius 3 is 2.29 bits per heavy atom. The molecule has 2 rings (SSSR count). The van der Waals surface area contributed by atoms with Crippen LogP contribution in [-0.2, 0) is 4.79 Å². The third kappa shape index (κ3) is 3.13. The van der Waals surface area contributed by atoms with Crippen LogP contribution in [0.5, 0.6) is 0 Å². The van der Waals surface area contributed by atoms with Gasteiger partial charge in [0, 0.05) is 6.04 Å². The van der Waals surface area contributed by atoms with E-state index in [1.54, 1.807) is 0 Å². The van der Waals surface area contributed by atoms with Crippen molar-refractivity contribution in [2.24, 2.45) is 5.92 Å². The van der Waals surface area contributed by atoms with Gasteiger partial charge in [-0.2, -0.15) is 0 Å². The Kier molecular flexibility index (Phi) is 5.40. The molecule has 1 amide bonds. The molecule has 0 bridgehead atoms. The van der Waals surface area contributed by atoms with Crippen molar-refractivity contribution in [1.82, 2.24) is 10.2 Å². The minimum absolute atomic E-state index is 0.0132. The van der Waals surface area contributed by atoms with Crippen LogP contribution in [0.4, 0.5) is 0 Å². The van der Waals surface area contributed by atoms with Gasteiger partial charge in [0.1, 0.15) is 6.17 Å². The van der Waals surface area contributed by atoms with Crippen molar-refractivity contribution in [2.75, 3.05) is 0 Å². The number of rotatable bonds is 6. The van der Waals surface area contributed by atoms with Crippen LogP contribution in [0.15, 0.2) is 30.3 Å². The van der Waals surface area contributed by atoms with Crippen LogP contribution in [-0.4, -0.2) is 22.9 Å². The highest BCUT2D eigenvalue weighted by Gasteiger charge is 2.42. The molecule has 1 heterocycles. The van der Waals surface area contributed by atoms with Gasteiger partial charge in [0.05, 0.1) is 6.04 Å². The molecule has 1 fully saturated rings. The monoisotopic (exact) mass is 288 g/mol. The van der Waals surface area contributed by atoms with E-state index in [1.807, 2.05) is 18.2 Å². The molecule has 0 aromatic heterocycles. The van der Waals surface area contributed by atoms with E-state index in [1.165, 1.54) is 5.56 Å². The van der Waals surface area contributed by atoms with Gasteiger partial charge in [-0.15, -0.1) is 0 Å². The Bertz CT molecular complexity index is 456. The number of nitrogens with zero attached hydrogens (tertiary/aromatic N) is 1. The van der Waals surface area contributed by atoms with E-state index in [0.717, 1.165) is 19.3 Å². The van der Waals surface area contributed by atoms with Crippen LogP contribution in [0.3, 0.4) is 0 Å². The second kappa shape index (κ2) is 7.08. The first-order chi connectivity index (χ1) is 10.1. The maximum Gasteiger partial charge on any atom is 0.241 e. The Morgan fingerprint density at radius 1 is 1.14 bits per heavy atom. The summed E-state index contributed by atoms with van der Waals surface area (Å²) in [6.07, 6.45) is 3.08. The molecule has 0 radical (unpaired) electrons. The van der Waals surface area contributed by atoms with Gasteiger partial charge in [-0.3, -0.25) is 10.1 Å². The first-order valence-corrected chi connectivity index (χ1v) is 8.27. The van der Waals surface area contributed by atoms with Gasteiger partial charge in [0.2, 0.25) is 5.91 Å². The van der Waals surface area contributed by atoms with Crippen LogP contribution < -0.4 is 5.32 Å². The van der Waals surface area contributed by atoms with E-state index in [-0.39, 0.29) is 24.2 Å². The number of carbonyl (C=O) groups is 1. The average Bonchev–Trinajstić information content (AvgIpc) is 2.86. The van der Waals surface area contributed by atoms with Gasteiger partial charge < -0.3 is 4.90 Å². The molecule has 1 saturated heterocycles. The normalized spacial score (nSPS) is 23.9. The van der Waals surface area contributed by atoms with E-state index in [0.29, 0.717) is 5.92 Å². The van der Waals surface area contributed by atoms with Crippen molar-refractivity contribution in [2.45, 2.75) is 65.2 Å². The van der Waals surface area contributed by atoms with Gasteiger partial charge >= 0.3 is 0 Å². The molecule has 0 aliphatic carbocycles. The van der Waals surface area contributed by atoms with Crippen LogP contribution >= 0.6 is 0 Å². The molecule has 21 heavy (non-hydrogen) atoms. The zero-order chi connectivity index (χ0) is 15.4. The third-order valence-corrected chi connectivity index (χ3v) is 4.88. The lowest BCUT2D eigenvalue weighted by molar-refractivity contribution is -0.133. The predicted octanol–water partition coefficient (Wildman–Crippen LogP) is 3.72. The van der Waals surface area contributed by atoms with Crippen LogP contribution in [0.2, 0.25) is 0 Å². The third-order valence-electron chi connectivity index (χ3n) is 4.88. The quantitative estimate of drug-likeness (QED) is 0.865. The van der Waals surface area contributed by atoms with Gasteiger partial charge in [-0.25, -0.2) is 0 Å². The first kappa shape index (κ1) is 16.0. The summed E-state index contributed by atoms with van der Waals surface area (Å²) >= 11 is 0. The average molecular weight is 288 g/mol. The van der Waals surface area contributed by atoms with Crippen molar-refractivity contribution in [3.8, 4) is 0 Å². The van der Waals surface area contributed by atoms with Crippen molar-refractivity contribution in [3.63, 3.8) is 0 Å². The van der Waals surface area contributed by atoms with Gasteiger partial charge in [-0.05, 0) is 24.8 Å². The van der Waals surface area contributed by atoms with Gasteiger partial charge in [-0.1, -0.05) is 63.9 Å². The summed E-state index contributed by atoms with van der Waals surface area (Å²) in [5.41, 5.74) is 1.18. The Balaban J connectivity index is 2.31. The number of hydrogen-bond donors (Lipinski definition) is 1. The summed E-state index contributed by atoms with van der Waals surface area (Å²) in [6, 6.07) is 10.5. The number of amides is 1. The van der Waals surface area contributed by atoms with E-state index in [4.69, 9.17) is 0 Å². The van der Waals surface area contributed by atoms with E-state index in [2.05, 4.69) is 50.0 Å². The second-order valence-electron chi connectivity index (χ2n) is 6.00. The molecule has 3 nitrogen and oxygen atoms in total. The highest BCUT2D eigenvalue weighted by atomic mass is 16.2. The van der Waals surface area contributed by atoms with Crippen LogP contribution in [0.1, 0.15) is 58.7 Å². The SMILES string of the molecule is CCC1NC(c2ccccc2)N(C(C)C(CC)CC)C1=O. The molecule has 1 aliphatic heterocycles. The van der Waals surface area contributed by atoms with Crippen LogP contribution in [0, 0.1) is 5.92 Å². The van der Waals surface area contributed by atoms with E-state index >= 15 is 0 Å². The molecular formula is C18H28N2O. The summed E-state index contributed by atoms with van der Waals surface area (Å²) in [5, 5.41) is 3.52. The fourth-order valence-corrected chi connectivity index (χ4v) is 3.47. The largest absolute Gasteiger partial charge is 0.319 e. The highest BCUT2D eigenvalue weighted by molar-refractivity contribution is 5.84. The molecule has 1 N–H and O–H groups in total. The van der Waals surface area contributed by atoms with Crippen molar-refractivity contribution >= 4 is 5.91 Å². The van der Waals surface area contributed by atoms with Crippen molar-refractivity contribution < 1.29 is 4.79 Å². The highest BCUT2D eigenvalue weighted by Crippen LogP contribution is 2.32. The zero-order valence-corrected chi connectivity index (χ0v) is 13.7. The Labute approximate surface area is 128 Å². The smallest absolute Gasteiger partial charge is 0.241 e. The maximum absolute atomic E-state index is 12.8. The maximum atomic E-state index is 12.8. The minimum atomic E-state index is -0.0491. The molecule has 1 aliphatic rings. The topological polar surface area (TPSA) is 32.3 Å². The molecule has 0 saturated carbocycles. The number of benzene rings is 1. The molecule has 0 spiro atoms. The standard InChI is InChI=1S/C18H28N2O/c1-5-14(6-2)13(4)20-17(15-11-9-8-10-12-15)19-16(7-3)18(20)21/h8-14,16-17,19H,5-7H2,1-4H3. The summed E-state index contributed by atoms with van der Waals surface area (Å²) < 4.78 is 0. The van der Waals surface area contributed by atoms with Crippen LogP contribution in [0.25, 0.3) is 0 Å². The fourth-order valence-electron chi connectivity index (χ4n) is 3.47. The summed E-state index contributed by atoms with van der Waals surface area (Å²) in [5.74, 6) is 0.809. The molecule has 116 valence electrons. The summed E-state index contributed by atoms with van der Waals surface area (Å²) in [4.78, 5) is 14.8. The van der Waals surface area contributed by atoms with E-state index < -0.39 is 0 Å². The van der Waals surface area contributed by atoms with Crippen molar-refractivity contribution in [3.05, 3.63) is 35.9 Å².